The van der Waals surface area contributed by atoms with Gasteiger partial charge >= 0.3 is 0 Å². The first-order chi connectivity index (χ1) is 8.01. The van der Waals surface area contributed by atoms with Gasteiger partial charge in [0.15, 0.2) is 0 Å². The first-order valence-electron chi connectivity index (χ1n) is 7.13. The van der Waals surface area contributed by atoms with Gasteiger partial charge in [-0.05, 0) is 60.4 Å². The standard InChI is InChI=1S/C14H33N3/c1-7-10-15-13(3)9-11-17(8-2)14(4)12-16(5)6/h13-15H,7-12H2,1-6H3. The molecule has 0 spiro atoms. The van der Waals surface area contributed by atoms with Gasteiger partial charge in [-0.2, -0.15) is 0 Å². The van der Waals surface area contributed by atoms with E-state index < -0.39 is 0 Å². The number of nitrogens with zero attached hydrogens (tertiary/aromatic N) is 2. The summed E-state index contributed by atoms with van der Waals surface area (Å²) in [7, 11) is 4.30. The van der Waals surface area contributed by atoms with E-state index in [9.17, 15) is 0 Å². The molecule has 0 amide bonds. The Morgan fingerprint density at radius 3 is 2.24 bits per heavy atom. The third-order valence-electron chi connectivity index (χ3n) is 3.25. The monoisotopic (exact) mass is 243 g/mol. The zero-order valence-corrected chi connectivity index (χ0v) is 12.8. The average Bonchev–Trinajstić information content (AvgIpc) is 2.26. The van der Waals surface area contributed by atoms with Crippen LogP contribution in [-0.2, 0) is 0 Å². The molecule has 2 atom stereocenters. The van der Waals surface area contributed by atoms with Crippen LogP contribution in [0.1, 0.15) is 40.5 Å². The molecular formula is C14H33N3. The maximum Gasteiger partial charge on any atom is 0.0194 e. The molecule has 0 heterocycles. The first-order valence-corrected chi connectivity index (χ1v) is 7.13. The summed E-state index contributed by atoms with van der Waals surface area (Å²) in [6.07, 6.45) is 2.46. The van der Waals surface area contributed by atoms with E-state index in [1.165, 1.54) is 19.4 Å². The molecule has 3 heteroatoms. The highest BCUT2D eigenvalue weighted by molar-refractivity contribution is 4.71. The van der Waals surface area contributed by atoms with Crippen molar-refractivity contribution in [3.05, 3.63) is 0 Å². The van der Waals surface area contributed by atoms with Gasteiger partial charge in [0.05, 0.1) is 0 Å². The van der Waals surface area contributed by atoms with Crippen LogP contribution in [0.3, 0.4) is 0 Å². The van der Waals surface area contributed by atoms with Crippen LogP contribution >= 0.6 is 0 Å². The van der Waals surface area contributed by atoms with Gasteiger partial charge in [0.1, 0.15) is 0 Å². The molecule has 0 aliphatic heterocycles. The lowest BCUT2D eigenvalue weighted by Gasteiger charge is -2.30. The highest BCUT2D eigenvalue weighted by Gasteiger charge is 2.13. The van der Waals surface area contributed by atoms with Crippen molar-refractivity contribution in [3.8, 4) is 0 Å². The van der Waals surface area contributed by atoms with Gasteiger partial charge in [-0.15, -0.1) is 0 Å². The number of hydrogen-bond acceptors (Lipinski definition) is 3. The third-order valence-corrected chi connectivity index (χ3v) is 3.25. The second-order valence-electron chi connectivity index (χ2n) is 5.38. The van der Waals surface area contributed by atoms with Crippen molar-refractivity contribution in [2.45, 2.75) is 52.6 Å². The van der Waals surface area contributed by atoms with E-state index in [-0.39, 0.29) is 0 Å². The molecule has 0 radical (unpaired) electrons. The molecule has 17 heavy (non-hydrogen) atoms. The van der Waals surface area contributed by atoms with Crippen LogP contribution in [0.25, 0.3) is 0 Å². The Hall–Kier alpha value is -0.120. The first kappa shape index (κ1) is 16.9. The molecule has 0 aromatic carbocycles. The van der Waals surface area contributed by atoms with E-state index in [0.717, 1.165) is 19.6 Å². The van der Waals surface area contributed by atoms with Gasteiger partial charge in [-0.1, -0.05) is 13.8 Å². The summed E-state index contributed by atoms with van der Waals surface area (Å²) < 4.78 is 0. The van der Waals surface area contributed by atoms with Crippen molar-refractivity contribution in [2.24, 2.45) is 0 Å². The molecule has 104 valence electrons. The van der Waals surface area contributed by atoms with Gasteiger partial charge in [-0.3, -0.25) is 4.90 Å². The molecule has 1 N–H and O–H groups in total. The van der Waals surface area contributed by atoms with Gasteiger partial charge in [0.2, 0.25) is 0 Å². The molecule has 0 saturated carbocycles. The topological polar surface area (TPSA) is 18.5 Å². The van der Waals surface area contributed by atoms with E-state index in [2.05, 4.69) is 56.9 Å². The van der Waals surface area contributed by atoms with E-state index in [1.807, 2.05) is 0 Å². The van der Waals surface area contributed by atoms with Crippen LogP contribution < -0.4 is 5.32 Å². The van der Waals surface area contributed by atoms with Crippen molar-refractivity contribution >= 4 is 0 Å². The smallest absolute Gasteiger partial charge is 0.0194 e. The number of nitrogens with one attached hydrogen (secondary N) is 1. The summed E-state index contributed by atoms with van der Waals surface area (Å²) in [6, 6.07) is 1.28. The Kier molecular flexibility index (Phi) is 9.79. The number of hydrogen-bond donors (Lipinski definition) is 1. The lowest BCUT2D eigenvalue weighted by Crippen LogP contribution is -2.42. The Bertz CT molecular complexity index is 171. The van der Waals surface area contributed by atoms with Crippen molar-refractivity contribution in [3.63, 3.8) is 0 Å². The minimum atomic E-state index is 0.635. The molecule has 0 fully saturated rings. The highest BCUT2D eigenvalue weighted by Crippen LogP contribution is 2.03. The predicted octanol–water partition coefficient (Wildman–Crippen LogP) is 2.04. The van der Waals surface area contributed by atoms with E-state index >= 15 is 0 Å². The molecule has 0 bridgehead atoms. The van der Waals surface area contributed by atoms with Crippen molar-refractivity contribution in [2.75, 3.05) is 40.3 Å². The fourth-order valence-corrected chi connectivity index (χ4v) is 2.19. The normalized spacial score (nSPS) is 15.5. The SMILES string of the molecule is CCCNC(C)CCN(CC)C(C)CN(C)C. The Morgan fingerprint density at radius 2 is 1.76 bits per heavy atom. The molecule has 2 unspecified atom stereocenters. The summed E-state index contributed by atoms with van der Waals surface area (Å²) >= 11 is 0. The molecule has 0 saturated heterocycles. The van der Waals surface area contributed by atoms with Gasteiger partial charge in [0.25, 0.3) is 0 Å². The predicted molar refractivity (Wildman–Crippen MR) is 77.6 cm³/mol. The fraction of sp³-hybridized carbons (Fsp3) is 1.00. The molecular weight excluding hydrogens is 210 g/mol. The van der Waals surface area contributed by atoms with Gasteiger partial charge < -0.3 is 10.2 Å². The second-order valence-corrected chi connectivity index (χ2v) is 5.38. The average molecular weight is 243 g/mol. The summed E-state index contributed by atoms with van der Waals surface area (Å²) in [4.78, 5) is 4.84. The lowest BCUT2D eigenvalue weighted by atomic mass is 10.2. The van der Waals surface area contributed by atoms with Crippen LogP contribution in [0.5, 0.6) is 0 Å². The molecule has 0 aliphatic carbocycles. The molecule has 0 rings (SSSR count). The van der Waals surface area contributed by atoms with Crippen LogP contribution in [0.4, 0.5) is 0 Å². The van der Waals surface area contributed by atoms with Crippen LogP contribution in [0, 0.1) is 0 Å². The summed E-state index contributed by atoms with van der Waals surface area (Å²) in [6.45, 7) is 13.7. The van der Waals surface area contributed by atoms with Crippen molar-refractivity contribution in [1.29, 1.82) is 0 Å². The summed E-state index contributed by atoms with van der Waals surface area (Å²) in [5, 5.41) is 3.55. The third kappa shape index (κ3) is 8.58. The molecule has 0 aliphatic rings. The maximum atomic E-state index is 3.55. The minimum Gasteiger partial charge on any atom is -0.314 e. The highest BCUT2D eigenvalue weighted by atomic mass is 15.2. The van der Waals surface area contributed by atoms with Crippen LogP contribution in [0.2, 0.25) is 0 Å². The van der Waals surface area contributed by atoms with Crippen molar-refractivity contribution in [1.82, 2.24) is 15.1 Å². The minimum absolute atomic E-state index is 0.635. The number of rotatable bonds is 10. The fourth-order valence-electron chi connectivity index (χ4n) is 2.19. The Balaban J connectivity index is 3.87. The van der Waals surface area contributed by atoms with E-state index in [0.29, 0.717) is 12.1 Å². The van der Waals surface area contributed by atoms with Crippen molar-refractivity contribution < 1.29 is 0 Å². The molecule has 0 aromatic rings. The lowest BCUT2D eigenvalue weighted by molar-refractivity contribution is 0.175. The largest absolute Gasteiger partial charge is 0.314 e. The van der Waals surface area contributed by atoms with Crippen LogP contribution in [0.15, 0.2) is 0 Å². The zero-order chi connectivity index (χ0) is 13.3. The summed E-state index contributed by atoms with van der Waals surface area (Å²) in [5.74, 6) is 0. The Labute approximate surface area is 109 Å². The summed E-state index contributed by atoms with van der Waals surface area (Å²) in [5.41, 5.74) is 0. The van der Waals surface area contributed by atoms with E-state index in [4.69, 9.17) is 0 Å². The second kappa shape index (κ2) is 9.86. The van der Waals surface area contributed by atoms with E-state index in [1.54, 1.807) is 0 Å². The molecule has 0 aromatic heterocycles. The van der Waals surface area contributed by atoms with Gasteiger partial charge in [0, 0.05) is 18.6 Å². The molecule has 3 nitrogen and oxygen atoms in total. The van der Waals surface area contributed by atoms with Gasteiger partial charge in [-0.25, -0.2) is 0 Å². The quantitative estimate of drug-likeness (QED) is 0.633. The number of likely N-dealkylation sites (N-methyl/N-ethyl adjacent to an activating group) is 2. The van der Waals surface area contributed by atoms with Crippen LogP contribution in [-0.4, -0.2) is 62.2 Å². The zero-order valence-electron chi connectivity index (χ0n) is 12.8. The Morgan fingerprint density at radius 1 is 1.12 bits per heavy atom. The maximum absolute atomic E-state index is 3.55.